The standard InChI is InChI=1S/C19H22Cl2N2O5S/c1-12(23-29(25,26)18-11-14(20)5-6-15(18)21)19(24)22-9-8-13-4-7-16(27-2)17(10-13)28-3/h4-7,10-12,23H,8-9H2,1-3H3,(H,22,24)/t12-/m0/s1. The van der Waals surface area contributed by atoms with Crippen LogP contribution in [0, 0.1) is 0 Å². The second-order valence-corrected chi connectivity index (χ2v) is 8.67. The van der Waals surface area contributed by atoms with Crippen molar-refractivity contribution in [2.45, 2.75) is 24.3 Å². The highest BCUT2D eigenvalue weighted by Gasteiger charge is 2.24. The first kappa shape index (κ1) is 23.3. The number of carbonyl (C=O) groups is 1. The van der Waals surface area contributed by atoms with Crippen molar-refractivity contribution in [1.29, 1.82) is 0 Å². The van der Waals surface area contributed by atoms with E-state index >= 15 is 0 Å². The summed E-state index contributed by atoms with van der Waals surface area (Å²) in [5.41, 5.74) is 0.932. The average Bonchev–Trinajstić information content (AvgIpc) is 2.69. The van der Waals surface area contributed by atoms with Gasteiger partial charge in [0.05, 0.1) is 25.3 Å². The topological polar surface area (TPSA) is 93.7 Å². The van der Waals surface area contributed by atoms with Crippen molar-refractivity contribution >= 4 is 39.1 Å². The van der Waals surface area contributed by atoms with Crippen LogP contribution in [0.3, 0.4) is 0 Å². The molecule has 0 bridgehead atoms. The lowest BCUT2D eigenvalue weighted by molar-refractivity contribution is -0.122. The zero-order chi connectivity index (χ0) is 21.6. The Morgan fingerprint density at radius 2 is 1.76 bits per heavy atom. The molecule has 0 aliphatic heterocycles. The number of nitrogens with one attached hydrogen (secondary N) is 2. The van der Waals surface area contributed by atoms with E-state index in [9.17, 15) is 13.2 Å². The Bertz CT molecular complexity index is 983. The van der Waals surface area contributed by atoms with Gasteiger partial charge in [0.2, 0.25) is 15.9 Å². The van der Waals surface area contributed by atoms with Crippen molar-refractivity contribution in [3.8, 4) is 11.5 Å². The maximum absolute atomic E-state index is 12.5. The van der Waals surface area contributed by atoms with E-state index in [2.05, 4.69) is 10.0 Å². The number of rotatable bonds is 9. The molecule has 0 saturated carbocycles. The highest BCUT2D eigenvalue weighted by molar-refractivity contribution is 7.89. The van der Waals surface area contributed by atoms with Crippen molar-refractivity contribution < 1.29 is 22.7 Å². The lowest BCUT2D eigenvalue weighted by atomic mass is 10.1. The zero-order valence-corrected chi connectivity index (χ0v) is 18.5. The Morgan fingerprint density at radius 1 is 1.07 bits per heavy atom. The van der Waals surface area contributed by atoms with E-state index in [4.69, 9.17) is 32.7 Å². The highest BCUT2D eigenvalue weighted by Crippen LogP contribution is 2.27. The van der Waals surface area contributed by atoms with E-state index in [-0.39, 0.29) is 14.9 Å². The summed E-state index contributed by atoms with van der Waals surface area (Å²) in [6.07, 6.45) is 0.533. The van der Waals surface area contributed by atoms with Gasteiger partial charge in [0.15, 0.2) is 11.5 Å². The quantitative estimate of drug-likeness (QED) is 0.599. The molecule has 0 saturated heterocycles. The fourth-order valence-electron chi connectivity index (χ4n) is 2.55. The van der Waals surface area contributed by atoms with E-state index in [1.807, 2.05) is 12.1 Å². The minimum atomic E-state index is -4.01. The summed E-state index contributed by atoms with van der Waals surface area (Å²) >= 11 is 11.8. The van der Waals surface area contributed by atoms with Crippen LogP contribution >= 0.6 is 23.2 Å². The predicted molar refractivity (Wildman–Crippen MR) is 113 cm³/mol. The summed E-state index contributed by atoms with van der Waals surface area (Å²) in [5.74, 6) is 0.742. The van der Waals surface area contributed by atoms with E-state index in [0.29, 0.717) is 24.5 Å². The van der Waals surface area contributed by atoms with Gasteiger partial charge in [-0.1, -0.05) is 29.3 Å². The van der Waals surface area contributed by atoms with Gasteiger partial charge >= 0.3 is 0 Å². The maximum Gasteiger partial charge on any atom is 0.242 e. The van der Waals surface area contributed by atoms with Crippen LogP contribution in [-0.4, -0.2) is 41.1 Å². The number of amides is 1. The molecule has 2 N–H and O–H groups in total. The second-order valence-electron chi connectivity index (χ2n) is 6.15. The van der Waals surface area contributed by atoms with Crippen LogP contribution in [0.15, 0.2) is 41.3 Å². The van der Waals surface area contributed by atoms with Crippen LogP contribution in [-0.2, 0) is 21.2 Å². The molecule has 0 aliphatic carbocycles. The number of hydrogen-bond acceptors (Lipinski definition) is 5. The smallest absolute Gasteiger partial charge is 0.242 e. The van der Waals surface area contributed by atoms with Crippen molar-refractivity contribution in [3.05, 3.63) is 52.0 Å². The number of methoxy groups -OCH3 is 2. The fraction of sp³-hybridized carbons (Fsp3) is 0.316. The number of carbonyl (C=O) groups excluding carboxylic acids is 1. The van der Waals surface area contributed by atoms with Gasteiger partial charge < -0.3 is 14.8 Å². The molecule has 0 aromatic heterocycles. The third-order valence-corrected chi connectivity index (χ3v) is 6.33. The minimum Gasteiger partial charge on any atom is -0.493 e. The molecule has 29 heavy (non-hydrogen) atoms. The fourth-order valence-corrected chi connectivity index (χ4v) is 4.52. The molecule has 10 heteroatoms. The number of benzene rings is 2. The number of sulfonamides is 1. The molecule has 1 atom stereocenters. The summed E-state index contributed by atoms with van der Waals surface area (Å²) in [6.45, 7) is 1.76. The van der Waals surface area contributed by atoms with Crippen LogP contribution in [0.4, 0.5) is 0 Å². The van der Waals surface area contributed by atoms with Crippen LogP contribution in [0.1, 0.15) is 12.5 Å². The van der Waals surface area contributed by atoms with Crippen LogP contribution in [0.5, 0.6) is 11.5 Å². The highest BCUT2D eigenvalue weighted by atomic mass is 35.5. The lowest BCUT2D eigenvalue weighted by Crippen LogP contribution is -2.45. The van der Waals surface area contributed by atoms with Crippen LogP contribution in [0.25, 0.3) is 0 Å². The van der Waals surface area contributed by atoms with Crippen molar-refractivity contribution in [1.82, 2.24) is 10.0 Å². The first-order chi connectivity index (χ1) is 13.7. The number of hydrogen-bond donors (Lipinski definition) is 2. The molecule has 158 valence electrons. The molecule has 0 unspecified atom stereocenters. The summed E-state index contributed by atoms with van der Waals surface area (Å²) < 4.78 is 37.7. The molecule has 0 fully saturated rings. The van der Waals surface area contributed by atoms with Gasteiger partial charge in [-0.3, -0.25) is 4.79 Å². The van der Waals surface area contributed by atoms with Crippen LogP contribution in [0.2, 0.25) is 10.0 Å². The molecule has 0 heterocycles. The van der Waals surface area contributed by atoms with Gasteiger partial charge in [0.1, 0.15) is 4.90 Å². The molecule has 0 radical (unpaired) electrons. The van der Waals surface area contributed by atoms with E-state index in [1.54, 1.807) is 20.3 Å². The SMILES string of the molecule is COc1ccc(CCNC(=O)[C@H](C)NS(=O)(=O)c2cc(Cl)ccc2Cl)cc1OC. The molecule has 7 nitrogen and oxygen atoms in total. The minimum absolute atomic E-state index is 0.0166. The Hall–Kier alpha value is -2.00. The summed E-state index contributed by atoms with van der Waals surface area (Å²) in [6, 6.07) is 8.55. The molecule has 1 amide bonds. The number of halogens is 2. The molecule has 2 aromatic rings. The Labute approximate surface area is 180 Å². The van der Waals surface area contributed by atoms with E-state index in [1.165, 1.54) is 25.1 Å². The monoisotopic (exact) mass is 460 g/mol. The molecule has 2 rings (SSSR count). The van der Waals surface area contributed by atoms with Gasteiger partial charge in [-0.2, -0.15) is 4.72 Å². The molecule has 0 aliphatic rings. The average molecular weight is 461 g/mol. The van der Waals surface area contributed by atoms with Gasteiger partial charge in [0.25, 0.3) is 0 Å². The molecular formula is C19H22Cl2N2O5S. The van der Waals surface area contributed by atoms with Crippen molar-refractivity contribution in [2.24, 2.45) is 0 Å². The van der Waals surface area contributed by atoms with Crippen molar-refractivity contribution in [2.75, 3.05) is 20.8 Å². The lowest BCUT2D eigenvalue weighted by Gasteiger charge is -2.15. The third-order valence-electron chi connectivity index (χ3n) is 4.07. The summed E-state index contributed by atoms with van der Waals surface area (Å²) in [5, 5.41) is 2.94. The van der Waals surface area contributed by atoms with E-state index < -0.39 is 22.0 Å². The normalized spacial score (nSPS) is 12.3. The van der Waals surface area contributed by atoms with Crippen LogP contribution < -0.4 is 19.5 Å². The Morgan fingerprint density at radius 3 is 2.41 bits per heavy atom. The van der Waals surface area contributed by atoms with E-state index in [0.717, 1.165) is 5.56 Å². The Balaban J connectivity index is 1.95. The van der Waals surface area contributed by atoms with Gasteiger partial charge in [-0.25, -0.2) is 8.42 Å². The third kappa shape index (κ3) is 6.24. The summed E-state index contributed by atoms with van der Waals surface area (Å²) in [4.78, 5) is 12.1. The zero-order valence-electron chi connectivity index (χ0n) is 16.2. The van der Waals surface area contributed by atoms with Gasteiger partial charge in [-0.15, -0.1) is 0 Å². The first-order valence-electron chi connectivity index (χ1n) is 8.64. The Kier molecular flexibility index (Phi) is 8.15. The first-order valence-corrected chi connectivity index (χ1v) is 10.9. The summed E-state index contributed by atoms with van der Waals surface area (Å²) in [7, 11) is -0.912. The van der Waals surface area contributed by atoms with Crippen molar-refractivity contribution in [3.63, 3.8) is 0 Å². The van der Waals surface area contributed by atoms with Gasteiger partial charge in [-0.05, 0) is 49.2 Å². The predicted octanol–water partition coefficient (Wildman–Crippen LogP) is 3.04. The maximum atomic E-state index is 12.5. The molecular weight excluding hydrogens is 439 g/mol. The second kappa shape index (κ2) is 10.2. The molecule has 2 aromatic carbocycles. The largest absolute Gasteiger partial charge is 0.493 e. The molecule has 0 spiro atoms. The number of ether oxygens (including phenoxy) is 2. The van der Waals surface area contributed by atoms with Gasteiger partial charge in [0, 0.05) is 11.6 Å².